The van der Waals surface area contributed by atoms with Gasteiger partial charge in [0.25, 0.3) is 0 Å². The average molecular weight is 329 g/mol. The highest BCUT2D eigenvalue weighted by Crippen LogP contribution is 2.26. The van der Waals surface area contributed by atoms with Gasteiger partial charge in [-0.2, -0.15) is 0 Å². The molecule has 1 atom stereocenters. The highest BCUT2D eigenvalue weighted by molar-refractivity contribution is 5.45. The zero-order chi connectivity index (χ0) is 17.4. The maximum Gasteiger partial charge on any atom is 0.106 e. The number of anilines is 1. The molecule has 2 rings (SSSR count). The Hall–Kier alpha value is -1.74. The maximum atomic E-state index is 5.65. The molecule has 1 aromatic carbocycles. The third kappa shape index (κ3) is 6.04. The number of hydrogen-bond donors (Lipinski definition) is 1. The first-order valence-electron chi connectivity index (χ1n) is 9.06. The van der Waals surface area contributed by atoms with Gasteiger partial charge >= 0.3 is 0 Å². The molecule has 0 aliphatic carbocycles. The topological polar surface area (TPSA) is 28.4 Å². The third-order valence-corrected chi connectivity index (χ3v) is 4.49. The molecule has 0 amide bonds. The molecule has 1 heterocycles. The molecule has 1 unspecified atom stereocenters. The predicted molar refractivity (Wildman–Crippen MR) is 103 cm³/mol. The summed E-state index contributed by atoms with van der Waals surface area (Å²) in [6.07, 6.45) is 5.36. The Morgan fingerprint density at radius 1 is 1.00 bits per heavy atom. The van der Waals surface area contributed by atoms with Crippen LogP contribution in [0.3, 0.4) is 0 Å². The number of hydrogen-bond acceptors (Lipinski definition) is 3. The lowest BCUT2D eigenvalue weighted by molar-refractivity contribution is 0.397. The maximum absolute atomic E-state index is 5.65. The van der Waals surface area contributed by atoms with Gasteiger partial charge in [0.2, 0.25) is 0 Å². The molecule has 0 aliphatic rings. The van der Waals surface area contributed by atoms with E-state index in [0.717, 1.165) is 31.2 Å². The first-order chi connectivity index (χ1) is 11.6. The summed E-state index contributed by atoms with van der Waals surface area (Å²) in [6, 6.07) is 12.9. The second kappa shape index (κ2) is 9.53. The van der Waals surface area contributed by atoms with Crippen molar-refractivity contribution >= 4 is 5.69 Å². The second-order valence-corrected chi connectivity index (χ2v) is 7.21. The standard InChI is InChI=1S/C21H32N2O/c1-17(2)7-10-19(21-6-5-15-24-21)13-14-22-16-18-8-11-20(12-9-18)23(3)4/h5-6,8-9,11-12,15,17,19,22H,7,10,13-14,16H2,1-4H3. The van der Waals surface area contributed by atoms with Gasteiger partial charge in [0.05, 0.1) is 6.26 Å². The SMILES string of the molecule is CC(C)CCC(CCNCc1ccc(N(C)C)cc1)c1ccco1. The number of nitrogens with one attached hydrogen (secondary N) is 1. The summed E-state index contributed by atoms with van der Waals surface area (Å²) in [4.78, 5) is 2.12. The number of rotatable bonds is 10. The lowest BCUT2D eigenvalue weighted by Crippen LogP contribution is -2.17. The van der Waals surface area contributed by atoms with E-state index in [2.05, 4.69) is 68.5 Å². The van der Waals surface area contributed by atoms with Crippen LogP contribution in [0.15, 0.2) is 47.1 Å². The molecule has 3 heteroatoms. The van der Waals surface area contributed by atoms with Crippen molar-refractivity contribution in [3.05, 3.63) is 54.0 Å². The molecule has 0 saturated carbocycles. The third-order valence-electron chi connectivity index (χ3n) is 4.49. The molecule has 2 aromatic rings. The predicted octanol–water partition coefficient (Wildman–Crippen LogP) is 5.05. The summed E-state index contributed by atoms with van der Waals surface area (Å²) in [5.74, 6) is 2.39. The summed E-state index contributed by atoms with van der Waals surface area (Å²) < 4.78 is 5.65. The largest absolute Gasteiger partial charge is 0.469 e. The molecule has 24 heavy (non-hydrogen) atoms. The molecule has 0 aliphatic heterocycles. The first kappa shape index (κ1) is 18.6. The zero-order valence-corrected chi connectivity index (χ0v) is 15.6. The van der Waals surface area contributed by atoms with Crippen molar-refractivity contribution in [3.63, 3.8) is 0 Å². The summed E-state index contributed by atoms with van der Waals surface area (Å²) >= 11 is 0. The van der Waals surface area contributed by atoms with Crippen molar-refractivity contribution in [1.29, 1.82) is 0 Å². The molecule has 0 spiro atoms. The molecule has 1 aromatic heterocycles. The van der Waals surface area contributed by atoms with Crippen molar-refractivity contribution in [2.75, 3.05) is 25.5 Å². The van der Waals surface area contributed by atoms with Crippen molar-refractivity contribution < 1.29 is 4.42 Å². The Balaban J connectivity index is 1.77. The Kier molecular flexibility index (Phi) is 7.38. The van der Waals surface area contributed by atoms with Crippen LogP contribution in [0.2, 0.25) is 0 Å². The molecule has 132 valence electrons. The van der Waals surface area contributed by atoms with Gasteiger partial charge in [0, 0.05) is 32.2 Å². The van der Waals surface area contributed by atoms with Gasteiger partial charge in [0.1, 0.15) is 5.76 Å². The van der Waals surface area contributed by atoms with Crippen molar-refractivity contribution in [1.82, 2.24) is 5.32 Å². The normalized spacial score (nSPS) is 12.5. The van der Waals surface area contributed by atoms with Crippen LogP contribution >= 0.6 is 0 Å². The van der Waals surface area contributed by atoms with E-state index in [1.54, 1.807) is 6.26 Å². The van der Waals surface area contributed by atoms with Crippen LogP contribution in [-0.2, 0) is 6.54 Å². The van der Waals surface area contributed by atoms with Gasteiger partial charge in [-0.1, -0.05) is 32.4 Å². The van der Waals surface area contributed by atoms with E-state index in [-0.39, 0.29) is 0 Å². The van der Waals surface area contributed by atoms with Gasteiger partial charge in [-0.15, -0.1) is 0 Å². The summed E-state index contributed by atoms with van der Waals surface area (Å²) in [6.45, 7) is 6.51. The fraction of sp³-hybridized carbons (Fsp3) is 0.524. The molecule has 0 bridgehead atoms. The summed E-state index contributed by atoms with van der Waals surface area (Å²) in [5.41, 5.74) is 2.57. The van der Waals surface area contributed by atoms with Gasteiger partial charge < -0.3 is 14.6 Å². The molecular formula is C21H32N2O. The van der Waals surface area contributed by atoms with Crippen LogP contribution in [0.5, 0.6) is 0 Å². The smallest absolute Gasteiger partial charge is 0.106 e. The zero-order valence-electron chi connectivity index (χ0n) is 15.6. The fourth-order valence-corrected chi connectivity index (χ4v) is 2.91. The molecule has 0 radical (unpaired) electrons. The van der Waals surface area contributed by atoms with Crippen molar-refractivity contribution in [3.8, 4) is 0 Å². The van der Waals surface area contributed by atoms with Crippen LogP contribution in [0, 0.1) is 5.92 Å². The van der Waals surface area contributed by atoms with Crippen molar-refractivity contribution in [2.24, 2.45) is 5.92 Å². The minimum atomic E-state index is 0.519. The van der Waals surface area contributed by atoms with E-state index in [1.165, 1.54) is 24.1 Å². The highest BCUT2D eigenvalue weighted by atomic mass is 16.3. The van der Waals surface area contributed by atoms with Crippen LogP contribution < -0.4 is 10.2 Å². The monoisotopic (exact) mass is 328 g/mol. The highest BCUT2D eigenvalue weighted by Gasteiger charge is 2.14. The fourth-order valence-electron chi connectivity index (χ4n) is 2.91. The van der Waals surface area contributed by atoms with E-state index in [9.17, 15) is 0 Å². The van der Waals surface area contributed by atoms with E-state index >= 15 is 0 Å². The summed E-state index contributed by atoms with van der Waals surface area (Å²) in [7, 11) is 4.14. The van der Waals surface area contributed by atoms with Gasteiger partial charge in [-0.05, 0) is 55.1 Å². The van der Waals surface area contributed by atoms with Gasteiger partial charge in [0.15, 0.2) is 0 Å². The molecular weight excluding hydrogens is 296 g/mol. The quantitative estimate of drug-likeness (QED) is 0.619. The van der Waals surface area contributed by atoms with Gasteiger partial charge in [-0.25, -0.2) is 0 Å². The van der Waals surface area contributed by atoms with E-state index in [4.69, 9.17) is 4.42 Å². The minimum Gasteiger partial charge on any atom is -0.469 e. The Morgan fingerprint density at radius 2 is 1.75 bits per heavy atom. The molecule has 3 nitrogen and oxygen atoms in total. The number of nitrogens with zero attached hydrogens (tertiary/aromatic N) is 1. The van der Waals surface area contributed by atoms with Crippen molar-refractivity contribution in [2.45, 2.75) is 45.6 Å². The Bertz CT molecular complexity index is 558. The van der Waals surface area contributed by atoms with E-state index < -0.39 is 0 Å². The molecule has 1 N–H and O–H groups in total. The van der Waals surface area contributed by atoms with Crippen LogP contribution in [-0.4, -0.2) is 20.6 Å². The lowest BCUT2D eigenvalue weighted by Gasteiger charge is -2.16. The summed E-state index contributed by atoms with van der Waals surface area (Å²) in [5, 5.41) is 3.58. The number of furan rings is 1. The molecule has 0 fully saturated rings. The average Bonchev–Trinajstić information content (AvgIpc) is 3.08. The Morgan fingerprint density at radius 3 is 2.33 bits per heavy atom. The van der Waals surface area contributed by atoms with Gasteiger partial charge in [-0.3, -0.25) is 0 Å². The van der Waals surface area contributed by atoms with Crippen LogP contribution in [0.25, 0.3) is 0 Å². The van der Waals surface area contributed by atoms with Crippen LogP contribution in [0.1, 0.15) is 50.4 Å². The second-order valence-electron chi connectivity index (χ2n) is 7.21. The number of benzene rings is 1. The van der Waals surface area contributed by atoms with E-state index in [0.29, 0.717) is 5.92 Å². The lowest BCUT2D eigenvalue weighted by atomic mass is 9.93. The Labute approximate surface area is 147 Å². The molecule has 0 saturated heterocycles. The minimum absolute atomic E-state index is 0.519. The van der Waals surface area contributed by atoms with Crippen LogP contribution in [0.4, 0.5) is 5.69 Å². The van der Waals surface area contributed by atoms with E-state index in [1.807, 2.05) is 6.07 Å². The first-order valence-corrected chi connectivity index (χ1v) is 9.06.